The van der Waals surface area contributed by atoms with Crippen LogP contribution in [0.15, 0.2) is 61.1 Å². The van der Waals surface area contributed by atoms with Crippen LogP contribution in [0.3, 0.4) is 0 Å². The van der Waals surface area contributed by atoms with Crippen LogP contribution in [0, 0.1) is 0 Å². The Bertz CT molecular complexity index is 1120. The minimum absolute atomic E-state index is 0.165. The fraction of sp³-hybridized carbons (Fsp3) is 0.217. The number of nitrogens with one attached hydrogen (secondary N) is 3. The van der Waals surface area contributed by atoms with Crippen molar-refractivity contribution >= 4 is 34.8 Å². The smallest absolute Gasteiger partial charge is 0.322 e. The SMILES string of the molecule is NC(=O)c1cnc(Nc2cccc(NC(=O)N3CCOCC3)c2)cc1NCc1cccnc1. The fourth-order valence-electron chi connectivity index (χ4n) is 3.36. The van der Waals surface area contributed by atoms with Gasteiger partial charge in [-0.25, -0.2) is 9.78 Å². The van der Waals surface area contributed by atoms with Crippen LogP contribution >= 0.6 is 0 Å². The van der Waals surface area contributed by atoms with E-state index in [1.165, 1.54) is 6.20 Å². The molecule has 10 heteroatoms. The largest absolute Gasteiger partial charge is 0.380 e. The zero-order valence-corrected chi connectivity index (χ0v) is 18.0. The topological polar surface area (TPSA) is 134 Å². The number of nitrogens with two attached hydrogens (primary N) is 1. The molecule has 3 aromatic rings. The van der Waals surface area contributed by atoms with E-state index < -0.39 is 5.91 Å². The minimum atomic E-state index is -0.574. The van der Waals surface area contributed by atoms with E-state index in [4.69, 9.17) is 10.5 Å². The number of benzene rings is 1. The summed E-state index contributed by atoms with van der Waals surface area (Å²) in [5.74, 6) is -0.0547. The summed E-state index contributed by atoms with van der Waals surface area (Å²) in [7, 11) is 0. The molecular formula is C23H25N7O3. The van der Waals surface area contributed by atoms with Gasteiger partial charge < -0.3 is 31.3 Å². The number of hydrogen-bond acceptors (Lipinski definition) is 7. The van der Waals surface area contributed by atoms with Crippen LogP contribution in [0.25, 0.3) is 0 Å². The van der Waals surface area contributed by atoms with Gasteiger partial charge in [-0.3, -0.25) is 9.78 Å². The van der Waals surface area contributed by atoms with Crippen molar-refractivity contribution in [3.05, 3.63) is 72.2 Å². The molecule has 1 aliphatic heterocycles. The highest BCUT2D eigenvalue weighted by Crippen LogP contribution is 2.24. The number of carbonyl (C=O) groups excluding carboxylic acids is 2. The van der Waals surface area contributed by atoms with E-state index in [1.54, 1.807) is 23.4 Å². The van der Waals surface area contributed by atoms with E-state index >= 15 is 0 Å². The molecule has 170 valence electrons. The molecule has 3 heterocycles. The van der Waals surface area contributed by atoms with Gasteiger partial charge in [-0.15, -0.1) is 0 Å². The second-order valence-corrected chi connectivity index (χ2v) is 7.43. The number of pyridine rings is 2. The van der Waals surface area contributed by atoms with Gasteiger partial charge in [0.05, 0.1) is 24.5 Å². The first-order valence-corrected chi connectivity index (χ1v) is 10.5. The summed E-state index contributed by atoms with van der Waals surface area (Å²) in [6.07, 6.45) is 4.87. The van der Waals surface area contributed by atoms with Crippen molar-refractivity contribution in [3.63, 3.8) is 0 Å². The van der Waals surface area contributed by atoms with Gasteiger partial charge in [0.2, 0.25) is 0 Å². The van der Waals surface area contributed by atoms with E-state index in [2.05, 4.69) is 25.9 Å². The first-order chi connectivity index (χ1) is 16.1. The maximum absolute atomic E-state index is 12.4. The van der Waals surface area contributed by atoms with Crippen molar-refractivity contribution in [2.45, 2.75) is 6.54 Å². The highest BCUT2D eigenvalue weighted by atomic mass is 16.5. The maximum atomic E-state index is 12.4. The number of aromatic nitrogens is 2. The molecular weight excluding hydrogens is 422 g/mol. The molecule has 5 N–H and O–H groups in total. The fourth-order valence-corrected chi connectivity index (χ4v) is 3.36. The Morgan fingerprint density at radius 2 is 1.88 bits per heavy atom. The minimum Gasteiger partial charge on any atom is -0.380 e. The van der Waals surface area contributed by atoms with E-state index in [0.29, 0.717) is 50.0 Å². The second-order valence-electron chi connectivity index (χ2n) is 7.43. The number of anilines is 4. The Morgan fingerprint density at radius 1 is 1.06 bits per heavy atom. The third-order valence-corrected chi connectivity index (χ3v) is 5.06. The zero-order valence-electron chi connectivity index (χ0n) is 18.0. The zero-order chi connectivity index (χ0) is 23.0. The van der Waals surface area contributed by atoms with Crippen molar-refractivity contribution in [1.82, 2.24) is 14.9 Å². The Labute approximate surface area is 191 Å². The molecule has 0 aliphatic carbocycles. The summed E-state index contributed by atoms with van der Waals surface area (Å²) in [6.45, 7) is 2.68. The summed E-state index contributed by atoms with van der Waals surface area (Å²) in [5, 5.41) is 9.32. The predicted molar refractivity (Wildman–Crippen MR) is 125 cm³/mol. The molecule has 0 unspecified atom stereocenters. The molecule has 0 atom stereocenters. The number of ether oxygens (including phenoxy) is 1. The number of urea groups is 1. The summed E-state index contributed by atoms with van der Waals surface area (Å²) < 4.78 is 5.29. The lowest BCUT2D eigenvalue weighted by Gasteiger charge is -2.27. The second kappa shape index (κ2) is 10.4. The lowest BCUT2D eigenvalue weighted by Crippen LogP contribution is -2.43. The first kappa shape index (κ1) is 22.0. The van der Waals surface area contributed by atoms with Crippen molar-refractivity contribution in [1.29, 1.82) is 0 Å². The number of primary amides is 1. The molecule has 1 aliphatic rings. The van der Waals surface area contributed by atoms with Crippen LogP contribution in [0.4, 0.5) is 27.7 Å². The monoisotopic (exact) mass is 447 g/mol. The van der Waals surface area contributed by atoms with Crippen LogP contribution < -0.4 is 21.7 Å². The lowest BCUT2D eigenvalue weighted by molar-refractivity contribution is 0.0564. The first-order valence-electron chi connectivity index (χ1n) is 10.5. The lowest BCUT2D eigenvalue weighted by atomic mass is 10.2. The molecule has 10 nitrogen and oxygen atoms in total. The van der Waals surface area contributed by atoms with Gasteiger partial charge >= 0.3 is 6.03 Å². The molecule has 0 spiro atoms. The maximum Gasteiger partial charge on any atom is 0.322 e. The number of rotatable bonds is 7. The molecule has 0 saturated carbocycles. The molecule has 1 saturated heterocycles. The van der Waals surface area contributed by atoms with Gasteiger partial charge in [-0.05, 0) is 29.8 Å². The predicted octanol–water partition coefficient (Wildman–Crippen LogP) is 2.80. The van der Waals surface area contributed by atoms with Gasteiger partial charge in [0.15, 0.2) is 0 Å². The Balaban J connectivity index is 1.46. The third kappa shape index (κ3) is 5.95. The van der Waals surface area contributed by atoms with Crippen LogP contribution in [0.1, 0.15) is 15.9 Å². The van der Waals surface area contributed by atoms with E-state index in [1.807, 2.05) is 36.4 Å². The third-order valence-electron chi connectivity index (χ3n) is 5.06. The molecule has 0 radical (unpaired) electrons. The summed E-state index contributed by atoms with van der Waals surface area (Å²) in [5.41, 5.74) is 8.70. The van der Waals surface area contributed by atoms with Gasteiger partial charge in [0.25, 0.3) is 5.91 Å². The van der Waals surface area contributed by atoms with Crippen LogP contribution in [-0.2, 0) is 11.3 Å². The van der Waals surface area contributed by atoms with E-state index in [0.717, 1.165) is 11.3 Å². The molecule has 0 bridgehead atoms. The number of hydrogen-bond donors (Lipinski definition) is 4. The number of carbonyl (C=O) groups is 2. The van der Waals surface area contributed by atoms with Crippen molar-refractivity contribution in [2.75, 3.05) is 42.3 Å². The standard InChI is InChI=1S/C23H25N7O3/c24-22(31)19-15-27-21(12-20(19)26-14-16-3-2-6-25-13-16)28-17-4-1-5-18(11-17)29-23(32)30-7-9-33-10-8-30/h1-6,11-13,15H,7-10,14H2,(H2,24,31)(H,29,32)(H2,26,27,28). The van der Waals surface area contributed by atoms with Gasteiger partial charge in [0, 0.05) is 55.7 Å². The average Bonchev–Trinajstić information content (AvgIpc) is 2.84. The number of amides is 3. The van der Waals surface area contributed by atoms with Crippen molar-refractivity contribution in [3.8, 4) is 0 Å². The van der Waals surface area contributed by atoms with Crippen LogP contribution in [0.2, 0.25) is 0 Å². The highest BCUT2D eigenvalue weighted by molar-refractivity contribution is 5.98. The molecule has 1 fully saturated rings. The normalized spacial score (nSPS) is 13.3. The van der Waals surface area contributed by atoms with Crippen LogP contribution in [0.5, 0.6) is 0 Å². The molecule has 2 aromatic heterocycles. The Hall–Kier alpha value is -4.18. The number of nitrogens with zero attached hydrogens (tertiary/aromatic N) is 3. The van der Waals surface area contributed by atoms with Gasteiger partial charge in [-0.2, -0.15) is 0 Å². The van der Waals surface area contributed by atoms with E-state index in [-0.39, 0.29) is 11.6 Å². The number of morpholine rings is 1. The Kier molecular flexibility index (Phi) is 6.96. The van der Waals surface area contributed by atoms with Crippen molar-refractivity contribution in [2.24, 2.45) is 5.73 Å². The Morgan fingerprint density at radius 3 is 2.64 bits per heavy atom. The molecule has 4 rings (SSSR count). The van der Waals surface area contributed by atoms with E-state index in [9.17, 15) is 9.59 Å². The summed E-state index contributed by atoms with van der Waals surface area (Å²) in [4.78, 5) is 34.4. The van der Waals surface area contributed by atoms with Gasteiger partial charge in [-0.1, -0.05) is 12.1 Å². The average molecular weight is 447 g/mol. The molecule has 3 amide bonds. The molecule has 33 heavy (non-hydrogen) atoms. The van der Waals surface area contributed by atoms with Gasteiger partial charge in [0.1, 0.15) is 5.82 Å². The molecule has 1 aromatic carbocycles. The van der Waals surface area contributed by atoms with Crippen LogP contribution in [-0.4, -0.2) is 53.1 Å². The highest BCUT2D eigenvalue weighted by Gasteiger charge is 2.17. The van der Waals surface area contributed by atoms with Crippen molar-refractivity contribution < 1.29 is 14.3 Å². The summed E-state index contributed by atoms with van der Waals surface area (Å²) in [6, 6.07) is 12.6. The summed E-state index contributed by atoms with van der Waals surface area (Å²) >= 11 is 0. The quantitative estimate of drug-likeness (QED) is 0.437.